The molecule has 2 atom stereocenters. The summed E-state index contributed by atoms with van der Waals surface area (Å²) in [5.74, 6) is -3.13. The second kappa shape index (κ2) is 11.1. The van der Waals surface area contributed by atoms with Crippen LogP contribution in [0.2, 0.25) is 5.02 Å². The molecule has 6 heteroatoms. The first-order valence-electron chi connectivity index (χ1n) is 13.4. The third-order valence-corrected chi connectivity index (χ3v) is 8.93. The fourth-order valence-corrected chi connectivity index (χ4v) is 6.51. The van der Waals surface area contributed by atoms with Crippen molar-refractivity contribution in [3.8, 4) is 0 Å². The number of hydrogen-bond acceptors (Lipinski definition) is 3. The van der Waals surface area contributed by atoms with Gasteiger partial charge in [0.05, 0.1) is 13.0 Å². The number of aryl methyl sites for hydroxylation is 1. The Bertz CT molecular complexity index is 940. The molecule has 0 aliphatic heterocycles. The maximum Gasteiger partial charge on any atom is 0.309 e. The highest BCUT2D eigenvalue weighted by Gasteiger charge is 2.51. The van der Waals surface area contributed by atoms with Crippen LogP contribution in [0, 0.1) is 29.1 Å². The molecule has 0 N–H and O–H groups in total. The molecule has 36 heavy (non-hydrogen) atoms. The summed E-state index contributed by atoms with van der Waals surface area (Å²) >= 11 is 6.75. The first-order valence-corrected chi connectivity index (χ1v) is 13.8. The molecule has 1 unspecified atom stereocenters. The van der Waals surface area contributed by atoms with Gasteiger partial charge in [-0.05, 0) is 66.0 Å². The topological polar surface area (TPSA) is 43.4 Å². The number of carbonyl (C=O) groups is 2. The zero-order chi connectivity index (χ0) is 26.9. The van der Waals surface area contributed by atoms with Crippen LogP contribution in [0.15, 0.2) is 18.2 Å². The summed E-state index contributed by atoms with van der Waals surface area (Å²) in [6.45, 7) is 10.7. The predicted octanol–water partition coefficient (Wildman–Crippen LogP) is 8.20. The van der Waals surface area contributed by atoms with E-state index < -0.39 is 17.3 Å². The van der Waals surface area contributed by atoms with E-state index in [-0.39, 0.29) is 54.7 Å². The van der Waals surface area contributed by atoms with Gasteiger partial charge in [-0.15, -0.1) is 0 Å². The van der Waals surface area contributed by atoms with Gasteiger partial charge in [-0.2, -0.15) is 0 Å². The predicted molar refractivity (Wildman–Crippen MR) is 141 cm³/mol. The van der Waals surface area contributed by atoms with Gasteiger partial charge in [-0.1, -0.05) is 64.8 Å². The van der Waals surface area contributed by atoms with Crippen LogP contribution in [0.25, 0.3) is 0 Å². The van der Waals surface area contributed by atoms with E-state index in [0.29, 0.717) is 10.9 Å². The Labute approximate surface area is 220 Å². The van der Waals surface area contributed by atoms with Crippen molar-refractivity contribution in [2.75, 3.05) is 7.11 Å². The number of esters is 1. The van der Waals surface area contributed by atoms with Crippen molar-refractivity contribution in [1.82, 2.24) is 0 Å². The number of carbonyl (C=O) groups excluding carboxylic acids is 2. The summed E-state index contributed by atoms with van der Waals surface area (Å²) in [4.78, 5) is 26.5. The number of hydrogen-bond donors (Lipinski definition) is 0. The molecule has 3 rings (SSSR count). The SMILES string of the molecule is CCC1CC(C(C(=O)OC)[C@@](C)(CC(=O)CC2CC(F)(F)C2)c2ccc(CCC(C)(C)C)c(Cl)c2)C1. The maximum atomic E-state index is 13.4. The molecular weight excluding hydrogens is 482 g/mol. The van der Waals surface area contributed by atoms with Crippen molar-refractivity contribution in [3.63, 3.8) is 0 Å². The Morgan fingerprint density at radius 2 is 1.78 bits per heavy atom. The van der Waals surface area contributed by atoms with Gasteiger partial charge < -0.3 is 4.74 Å². The summed E-state index contributed by atoms with van der Waals surface area (Å²) in [6, 6.07) is 5.93. The van der Waals surface area contributed by atoms with E-state index in [0.717, 1.165) is 43.2 Å². The lowest BCUT2D eigenvalue weighted by molar-refractivity contribution is -0.154. The molecule has 0 heterocycles. The molecule has 0 radical (unpaired) electrons. The largest absolute Gasteiger partial charge is 0.469 e. The monoisotopic (exact) mass is 524 g/mol. The molecule has 1 aromatic carbocycles. The van der Waals surface area contributed by atoms with Crippen LogP contribution < -0.4 is 0 Å². The van der Waals surface area contributed by atoms with Crippen LogP contribution in [0.5, 0.6) is 0 Å². The standard InChI is InChI=1S/C30H43ClF2O3/c1-7-19-12-22(13-19)26(27(35)36-6)29(5,18-24(34)14-20-16-30(32,33)17-20)23-9-8-21(25(31)15-23)10-11-28(2,3)4/h8-9,15,19-20,22,26H,7,10-14,16-18H2,1-6H3/t19?,22?,26?,29-/m0/s1. The number of ketones is 1. The normalized spacial score (nSPS) is 24.2. The minimum Gasteiger partial charge on any atom is -0.469 e. The third-order valence-electron chi connectivity index (χ3n) is 8.57. The van der Waals surface area contributed by atoms with E-state index in [2.05, 4.69) is 27.7 Å². The van der Waals surface area contributed by atoms with Gasteiger partial charge in [-0.25, -0.2) is 8.78 Å². The van der Waals surface area contributed by atoms with E-state index in [1.54, 1.807) is 0 Å². The third kappa shape index (κ3) is 6.88. The lowest BCUT2D eigenvalue weighted by atomic mass is 9.56. The molecular formula is C30H43ClF2O3. The van der Waals surface area contributed by atoms with Gasteiger partial charge in [0.2, 0.25) is 5.92 Å². The van der Waals surface area contributed by atoms with E-state index in [9.17, 15) is 18.4 Å². The average molecular weight is 525 g/mol. The van der Waals surface area contributed by atoms with Crippen molar-refractivity contribution in [2.24, 2.45) is 29.1 Å². The van der Waals surface area contributed by atoms with E-state index in [4.69, 9.17) is 16.3 Å². The zero-order valence-electron chi connectivity index (χ0n) is 22.8. The molecule has 2 aliphatic rings. The quantitative estimate of drug-likeness (QED) is 0.274. The van der Waals surface area contributed by atoms with Crippen molar-refractivity contribution in [3.05, 3.63) is 34.3 Å². The fourth-order valence-electron chi connectivity index (χ4n) is 6.23. The Morgan fingerprint density at radius 3 is 2.28 bits per heavy atom. The van der Waals surface area contributed by atoms with Crippen LogP contribution in [0.3, 0.4) is 0 Å². The molecule has 0 saturated heterocycles. The van der Waals surface area contributed by atoms with Crippen LogP contribution in [-0.2, 0) is 26.2 Å². The number of methoxy groups -OCH3 is 1. The van der Waals surface area contributed by atoms with Crippen LogP contribution in [0.4, 0.5) is 8.78 Å². The molecule has 2 aliphatic carbocycles. The Kier molecular flexibility index (Phi) is 8.96. The number of Topliss-reactive ketones (excluding diaryl/α,β-unsaturated/α-hetero) is 1. The van der Waals surface area contributed by atoms with Crippen molar-refractivity contribution in [1.29, 1.82) is 0 Å². The van der Waals surface area contributed by atoms with Gasteiger partial charge in [0, 0.05) is 36.1 Å². The number of ether oxygens (including phenoxy) is 1. The summed E-state index contributed by atoms with van der Waals surface area (Å²) < 4.78 is 32.0. The molecule has 0 amide bonds. The average Bonchev–Trinajstić information content (AvgIpc) is 2.72. The minimum atomic E-state index is -2.65. The van der Waals surface area contributed by atoms with Gasteiger partial charge >= 0.3 is 5.97 Å². The Balaban J connectivity index is 1.92. The second-order valence-electron chi connectivity index (χ2n) is 12.8. The molecule has 0 bridgehead atoms. The molecule has 2 fully saturated rings. The highest BCUT2D eigenvalue weighted by molar-refractivity contribution is 6.31. The number of benzene rings is 1. The molecule has 2 saturated carbocycles. The Hall–Kier alpha value is -1.49. The number of alkyl halides is 2. The number of halogens is 3. The van der Waals surface area contributed by atoms with Crippen molar-refractivity contribution in [2.45, 2.75) is 104 Å². The summed E-state index contributed by atoms with van der Waals surface area (Å²) in [5, 5.41) is 0.637. The van der Waals surface area contributed by atoms with Crippen molar-refractivity contribution >= 4 is 23.4 Å². The lowest BCUT2D eigenvalue weighted by Gasteiger charge is -2.47. The number of rotatable bonds is 11. The smallest absolute Gasteiger partial charge is 0.309 e. The van der Waals surface area contributed by atoms with Crippen LogP contribution in [-0.4, -0.2) is 24.8 Å². The molecule has 1 aromatic rings. The van der Waals surface area contributed by atoms with Crippen LogP contribution in [0.1, 0.15) is 97.1 Å². The molecule has 202 valence electrons. The lowest BCUT2D eigenvalue weighted by Crippen LogP contribution is -2.48. The van der Waals surface area contributed by atoms with Gasteiger partial charge in [0.25, 0.3) is 0 Å². The summed E-state index contributed by atoms with van der Waals surface area (Å²) in [6.07, 6.45) is 4.51. The molecule has 0 spiro atoms. The van der Waals surface area contributed by atoms with Gasteiger partial charge in [0.1, 0.15) is 5.78 Å². The molecule has 0 aromatic heterocycles. The second-order valence-corrected chi connectivity index (χ2v) is 13.2. The maximum absolute atomic E-state index is 13.4. The highest BCUT2D eigenvalue weighted by Crippen LogP contribution is 2.51. The van der Waals surface area contributed by atoms with E-state index >= 15 is 0 Å². The van der Waals surface area contributed by atoms with E-state index in [1.807, 2.05) is 25.1 Å². The van der Waals surface area contributed by atoms with E-state index in [1.165, 1.54) is 7.11 Å². The summed E-state index contributed by atoms with van der Waals surface area (Å²) in [5.41, 5.74) is 1.24. The first-order chi connectivity index (χ1) is 16.7. The molecule has 3 nitrogen and oxygen atoms in total. The van der Waals surface area contributed by atoms with Crippen LogP contribution >= 0.6 is 11.6 Å². The van der Waals surface area contributed by atoms with Gasteiger partial charge in [-0.3, -0.25) is 9.59 Å². The highest BCUT2D eigenvalue weighted by atomic mass is 35.5. The zero-order valence-corrected chi connectivity index (χ0v) is 23.5. The minimum absolute atomic E-state index is 0.0776. The first kappa shape index (κ1) is 29.1. The van der Waals surface area contributed by atoms with Gasteiger partial charge in [0.15, 0.2) is 0 Å². The Morgan fingerprint density at radius 1 is 1.14 bits per heavy atom. The fraction of sp³-hybridized carbons (Fsp3) is 0.733. The summed E-state index contributed by atoms with van der Waals surface area (Å²) in [7, 11) is 1.40. The van der Waals surface area contributed by atoms with Crippen molar-refractivity contribution < 1.29 is 23.1 Å².